The summed E-state index contributed by atoms with van der Waals surface area (Å²) in [6, 6.07) is 9.42. The summed E-state index contributed by atoms with van der Waals surface area (Å²) in [5, 5.41) is 0. The smallest absolute Gasteiger partial charge is 0.0678 e. The maximum atomic E-state index is 5.86. The van der Waals surface area contributed by atoms with E-state index in [1.807, 2.05) is 0 Å². The van der Waals surface area contributed by atoms with E-state index in [9.17, 15) is 0 Å². The van der Waals surface area contributed by atoms with Crippen molar-refractivity contribution in [3.63, 3.8) is 0 Å². The van der Waals surface area contributed by atoms with Crippen molar-refractivity contribution in [3.8, 4) is 0 Å². The molecule has 0 amide bonds. The molecule has 1 aromatic rings. The van der Waals surface area contributed by atoms with Crippen LogP contribution in [-0.2, 0) is 11.3 Å². The van der Waals surface area contributed by atoms with Gasteiger partial charge in [0.25, 0.3) is 0 Å². The van der Waals surface area contributed by atoms with E-state index in [-0.39, 0.29) is 0 Å². The zero-order chi connectivity index (χ0) is 15.5. The van der Waals surface area contributed by atoms with Crippen molar-refractivity contribution in [2.45, 2.75) is 51.5 Å². The van der Waals surface area contributed by atoms with Gasteiger partial charge < -0.3 is 4.74 Å². The molecule has 0 spiro atoms. The number of halogens is 1. The molecule has 2 heterocycles. The molecule has 0 saturated carbocycles. The van der Waals surface area contributed by atoms with Gasteiger partial charge in [0.15, 0.2) is 0 Å². The number of piperidine rings is 1. The largest absolute Gasteiger partial charge is 0.373 e. The van der Waals surface area contributed by atoms with Crippen molar-refractivity contribution in [1.82, 2.24) is 9.80 Å². The summed E-state index contributed by atoms with van der Waals surface area (Å²) >= 11 is 3.56. The first-order valence-electron chi connectivity index (χ1n) is 8.46. The Bertz CT molecular complexity index is 478. The highest BCUT2D eigenvalue weighted by Crippen LogP contribution is 2.23. The molecule has 2 saturated heterocycles. The number of hydrogen-bond donors (Lipinski definition) is 0. The van der Waals surface area contributed by atoms with Crippen LogP contribution >= 0.6 is 15.9 Å². The number of ether oxygens (including phenoxy) is 1. The minimum atomic E-state index is 0.378. The van der Waals surface area contributed by atoms with E-state index >= 15 is 0 Å². The van der Waals surface area contributed by atoms with Crippen LogP contribution in [0.3, 0.4) is 0 Å². The van der Waals surface area contributed by atoms with E-state index in [0.29, 0.717) is 12.2 Å². The number of hydrogen-bond acceptors (Lipinski definition) is 3. The van der Waals surface area contributed by atoms with Crippen LogP contribution in [0.25, 0.3) is 0 Å². The molecule has 0 aliphatic carbocycles. The molecule has 0 radical (unpaired) electrons. The lowest BCUT2D eigenvalue weighted by molar-refractivity contribution is -0.0865. The topological polar surface area (TPSA) is 15.7 Å². The van der Waals surface area contributed by atoms with E-state index in [4.69, 9.17) is 4.74 Å². The second-order valence-electron chi connectivity index (χ2n) is 6.85. The monoisotopic (exact) mass is 366 g/mol. The molecule has 122 valence electrons. The lowest BCUT2D eigenvalue weighted by Crippen LogP contribution is -2.53. The Morgan fingerprint density at radius 3 is 2.45 bits per heavy atom. The van der Waals surface area contributed by atoms with Gasteiger partial charge in [-0.3, -0.25) is 9.80 Å². The Kier molecular flexibility index (Phi) is 5.55. The Hall–Kier alpha value is -0.420. The second kappa shape index (κ2) is 7.43. The Morgan fingerprint density at radius 1 is 1.14 bits per heavy atom. The SMILES string of the molecule is C[C@H]1CN(C2CCN(Cc3cccc(Br)c3)CC2)C[C@H](C)O1. The van der Waals surface area contributed by atoms with Crippen LogP contribution in [0.1, 0.15) is 32.3 Å². The van der Waals surface area contributed by atoms with E-state index in [1.54, 1.807) is 0 Å². The molecule has 2 aliphatic rings. The normalized spacial score (nSPS) is 28.9. The lowest BCUT2D eigenvalue weighted by atomic mass is 10.0. The van der Waals surface area contributed by atoms with Crippen molar-refractivity contribution in [1.29, 1.82) is 0 Å². The fraction of sp³-hybridized carbons (Fsp3) is 0.667. The van der Waals surface area contributed by atoms with Gasteiger partial charge in [-0.05, 0) is 57.5 Å². The summed E-state index contributed by atoms with van der Waals surface area (Å²) < 4.78 is 7.04. The summed E-state index contributed by atoms with van der Waals surface area (Å²) in [4.78, 5) is 5.25. The Balaban J connectivity index is 1.50. The third-order valence-corrected chi connectivity index (χ3v) is 5.31. The second-order valence-corrected chi connectivity index (χ2v) is 7.76. The van der Waals surface area contributed by atoms with Gasteiger partial charge in [0, 0.05) is 30.1 Å². The van der Waals surface area contributed by atoms with Gasteiger partial charge in [0.1, 0.15) is 0 Å². The fourth-order valence-electron chi connectivity index (χ4n) is 3.85. The van der Waals surface area contributed by atoms with Gasteiger partial charge in [0.2, 0.25) is 0 Å². The molecule has 2 fully saturated rings. The molecule has 1 aromatic carbocycles. The quantitative estimate of drug-likeness (QED) is 0.813. The van der Waals surface area contributed by atoms with Crippen LogP contribution in [0.2, 0.25) is 0 Å². The summed E-state index contributed by atoms with van der Waals surface area (Å²) in [5.41, 5.74) is 1.40. The molecule has 2 aliphatic heterocycles. The Labute approximate surface area is 142 Å². The first kappa shape index (κ1) is 16.4. The summed E-state index contributed by atoms with van der Waals surface area (Å²) in [6.45, 7) is 10.1. The molecular weight excluding hydrogens is 340 g/mol. The van der Waals surface area contributed by atoms with Crippen molar-refractivity contribution < 1.29 is 4.74 Å². The number of likely N-dealkylation sites (tertiary alicyclic amines) is 1. The van der Waals surface area contributed by atoms with E-state index in [1.165, 1.54) is 36.0 Å². The lowest BCUT2D eigenvalue weighted by Gasteiger charge is -2.43. The van der Waals surface area contributed by atoms with E-state index in [2.05, 4.69) is 63.8 Å². The van der Waals surface area contributed by atoms with Gasteiger partial charge in [-0.25, -0.2) is 0 Å². The number of rotatable bonds is 3. The summed E-state index contributed by atoms with van der Waals surface area (Å²) in [5.74, 6) is 0. The predicted octanol–water partition coefficient (Wildman–Crippen LogP) is 3.52. The maximum absolute atomic E-state index is 5.86. The molecule has 22 heavy (non-hydrogen) atoms. The van der Waals surface area contributed by atoms with Gasteiger partial charge in [-0.15, -0.1) is 0 Å². The zero-order valence-corrected chi connectivity index (χ0v) is 15.3. The third-order valence-electron chi connectivity index (χ3n) is 4.82. The van der Waals surface area contributed by atoms with Crippen molar-refractivity contribution in [2.75, 3.05) is 26.2 Å². The maximum Gasteiger partial charge on any atom is 0.0678 e. The fourth-order valence-corrected chi connectivity index (χ4v) is 4.30. The highest BCUT2D eigenvalue weighted by Gasteiger charge is 2.30. The molecule has 0 N–H and O–H groups in total. The Morgan fingerprint density at radius 2 is 1.82 bits per heavy atom. The van der Waals surface area contributed by atoms with Crippen LogP contribution < -0.4 is 0 Å². The van der Waals surface area contributed by atoms with Crippen molar-refractivity contribution in [3.05, 3.63) is 34.3 Å². The van der Waals surface area contributed by atoms with Crippen molar-refractivity contribution >= 4 is 15.9 Å². The van der Waals surface area contributed by atoms with Gasteiger partial charge >= 0.3 is 0 Å². The number of nitrogens with zero attached hydrogens (tertiary/aromatic N) is 2. The van der Waals surface area contributed by atoms with E-state index in [0.717, 1.165) is 25.7 Å². The minimum absolute atomic E-state index is 0.378. The van der Waals surface area contributed by atoms with Crippen LogP contribution in [0.15, 0.2) is 28.7 Å². The number of benzene rings is 1. The molecule has 4 heteroatoms. The van der Waals surface area contributed by atoms with Crippen LogP contribution in [0, 0.1) is 0 Å². The highest BCUT2D eigenvalue weighted by atomic mass is 79.9. The van der Waals surface area contributed by atoms with E-state index < -0.39 is 0 Å². The van der Waals surface area contributed by atoms with Gasteiger partial charge in [-0.1, -0.05) is 28.1 Å². The molecule has 2 atom stereocenters. The first-order valence-corrected chi connectivity index (χ1v) is 9.26. The highest BCUT2D eigenvalue weighted by molar-refractivity contribution is 9.10. The molecule has 0 aromatic heterocycles. The van der Waals surface area contributed by atoms with Crippen LogP contribution in [0.5, 0.6) is 0 Å². The summed E-state index contributed by atoms with van der Waals surface area (Å²) in [7, 11) is 0. The third kappa shape index (κ3) is 4.31. The van der Waals surface area contributed by atoms with Crippen LogP contribution in [0.4, 0.5) is 0 Å². The average Bonchev–Trinajstić information content (AvgIpc) is 2.47. The molecule has 3 nitrogen and oxygen atoms in total. The standard InChI is InChI=1S/C18H27BrN2O/c1-14-11-21(12-15(2)22-14)18-6-8-20(9-7-18)13-16-4-3-5-17(19)10-16/h3-5,10,14-15,18H,6-9,11-13H2,1-2H3/t14-,15-/m0/s1. The molecular formula is C18H27BrN2O. The average molecular weight is 367 g/mol. The molecule has 0 bridgehead atoms. The zero-order valence-electron chi connectivity index (χ0n) is 13.7. The number of morpholine rings is 1. The predicted molar refractivity (Wildman–Crippen MR) is 94.0 cm³/mol. The molecule has 3 rings (SSSR count). The first-order chi connectivity index (χ1) is 10.6. The van der Waals surface area contributed by atoms with Crippen molar-refractivity contribution in [2.24, 2.45) is 0 Å². The van der Waals surface area contributed by atoms with Crippen LogP contribution in [-0.4, -0.2) is 54.2 Å². The molecule has 0 unspecified atom stereocenters. The summed E-state index contributed by atoms with van der Waals surface area (Å²) in [6.07, 6.45) is 3.33. The van der Waals surface area contributed by atoms with Gasteiger partial charge in [0.05, 0.1) is 12.2 Å². The van der Waals surface area contributed by atoms with Gasteiger partial charge in [-0.2, -0.15) is 0 Å². The minimum Gasteiger partial charge on any atom is -0.373 e.